The van der Waals surface area contributed by atoms with Gasteiger partial charge < -0.3 is 11.1 Å². The van der Waals surface area contributed by atoms with Gasteiger partial charge in [0.2, 0.25) is 0 Å². The Kier molecular flexibility index (Phi) is 4.08. The van der Waals surface area contributed by atoms with Crippen molar-refractivity contribution < 1.29 is 4.39 Å². The summed E-state index contributed by atoms with van der Waals surface area (Å²) in [5, 5.41) is 2.93. The molecule has 0 aliphatic carbocycles. The molecule has 0 aliphatic heterocycles. The van der Waals surface area contributed by atoms with Gasteiger partial charge in [-0.1, -0.05) is 11.6 Å². The highest BCUT2D eigenvalue weighted by molar-refractivity contribution is 6.29. The topological polar surface area (TPSA) is 50.9 Å². The molecule has 0 atom stereocenters. The summed E-state index contributed by atoms with van der Waals surface area (Å²) in [4.78, 5) is 3.68. The van der Waals surface area contributed by atoms with Gasteiger partial charge in [0.05, 0.1) is 0 Å². The second kappa shape index (κ2) is 5.11. The van der Waals surface area contributed by atoms with E-state index in [9.17, 15) is 4.39 Å². The molecule has 0 saturated heterocycles. The molecular weight excluding hydrogens is 193 g/mol. The van der Waals surface area contributed by atoms with Crippen molar-refractivity contribution in [3.8, 4) is 0 Å². The fraction of sp³-hybridized carbons (Fsp3) is 0.375. The van der Waals surface area contributed by atoms with E-state index in [0.717, 1.165) is 5.56 Å². The third-order valence-corrected chi connectivity index (χ3v) is 1.78. The number of nitrogens with zero attached hydrogens (tertiary/aromatic N) is 1. The Morgan fingerprint density at radius 2 is 2.38 bits per heavy atom. The largest absolute Gasteiger partial charge is 0.329 e. The van der Waals surface area contributed by atoms with Crippen LogP contribution in [0.25, 0.3) is 0 Å². The maximum Gasteiger partial charge on any atom is 0.164 e. The van der Waals surface area contributed by atoms with Crippen LogP contribution in [-0.2, 0) is 6.54 Å². The molecule has 13 heavy (non-hydrogen) atoms. The molecule has 1 aromatic heterocycles. The predicted octanol–water partition coefficient (Wildman–Crippen LogP) is 0.922. The molecule has 5 heteroatoms. The molecule has 0 aliphatic rings. The molecule has 0 fully saturated rings. The molecule has 1 aromatic rings. The Hall–Kier alpha value is -0.710. The third-order valence-electron chi connectivity index (χ3n) is 1.50. The normalized spacial score (nSPS) is 10.4. The predicted molar refractivity (Wildman–Crippen MR) is 50.0 cm³/mol. The summed E-state index contributed by atoms with van der Waals surface area (Å²) in [5.41, 5.74) is 6.03. The molecule has 0 amide bonds. The second-order valence-electron chi connectivity index (χ2n) is 2.58. The Morgan fingerprint density at radius 1 is 1.62 bits per heavy atom. The van der Waals surface area contributed by atoms with Crippen LogP contribution in [-0.4, -0.2) is 18.1 Å². The highest BCUT2D eigenvalue weighted by Crippen LogP contribution is 2.11. The zero-order valence-corrected chi connectivity index (χ0v) is 7.81. The molecule has 0 aromatic carbocycles. The standard InChI is InChI=1S/C8H11ClFN3/c9-8-7(10)3-6(5-13-8)4-12-2-1-11/h3,5,12H,1-2,4,11H2. The Balaban J connectivity index is 2.53. The minimum Gasteiger partial charge on any atom is -0.329 e. The molecule has 3 nitrogen and oxygen atoms in total. The van der Waals surface area contributed by atoms with Crippen LogP contribution in [0.4, 0.5) is 4.39 Å². The van der Waals surface area contributed by atoms with Gasteiger partial charge >= 0.3 is 0 Å². The van der Waals surface area contributed by atoms with Crippen LogP contribution in [0.15, 0.2) is 12.3 Å². The molecule has 3 N–H and O–H groups in total. The lowest BCUT2D eigenvalue weighted by Gasteiger charge is -2.02. The molecule has 1 rings (SSSR count). The van der Waals surface area contributed by atoms with Crippen molar-refractivity contribution in [1.29, 1.82) is 0 Å². The average molecular weight is 204 g/mol. The highest BCUT2D eigenvalue weighted by Gasteiger charge is 2.01. The summed E-state index contributed by atoms with van der Waals surface area (Å²) < 4.78 is 12.8. The molecule has 1 heterocycles. The van der Waals surface area contributed by atoms with Gasteiger partial charge in [0, 0.05) is 25.8 Å². The summed E-state index contributed by atoms with van der Waals surface area (Å²) in [7, 11) is 0. The summed E-state index contributed by atoms with van der Waals surface area (Å²) in [6, 6.07) is 1.36. The first-order chi connectivity index (χ1) is 6.24. The SMILES string of the molecule is NCCNCc1cnc(Cl)c(F)c1. The Bertz CT molecular complexity index is 280. The van der Waals surface area contributed by atoms with Gasteiger partial charge in [0.25, 0.3) is 0 Å². The van der Waals surface area contributed by atoms with Crippen molar-refractivity contribution in [2.75, 3.05) is 13.1 Å². The van der Waals surface area contributed by atoms with Crippen molar-refractivity contribution in [2.45, 2.75) is 6.54 Å². The summed E-state index contributed by atoms with van der Waals surface area (Å²) in [5.74, 6) is -0.492. The maximum atomic E-state index is 12.8. The molecule has 0 spiro atoms. The third kappa shape index (κ3) is 3.26. The lowest BCUT2D eigenvalue weighted by molar-refractivity contribution is 0.613. The Labute approximate surface area is 81.1 Å². The Morgan fingerprint density at radius 3 is 3.00 bits per heavy atom. The monoisotopic (exact) mass is 203 g/mol. The van der Waals surface area contributed by atoms with Crippen molar-refractivity contribution >= 4 is 11.6 Å². The van der Waals surface area contributed by atoms with E-state index < -0.39 is 5.82 Å². The zero-order chi connectivity index (χ0) is 9.68. The van der Waals surface area contributed by atoms with E-state index in [-0.39, 0.29) is 5.15 Å². The lowest BCUT2D eigenvalue weighted by atomic mass is 10.3. The summed E-state index contributed by atoms with van der Waals surface area (Å²) in [6.07, 6.45) is 1.54. The second-order valence-corrected chi connectivity index (χ2v) is 2.94. The van der Waals surface area contributed by atoms with Crippen molar-refractivity contribution in [3.05, 3.63) is 28.8 Å². The first kappa shape index (κ1) is 10.4. The molecule has 0 radical (unpaired) electrons. The number of nitrogens with two attached hydrogens (primary N) is 1. The minimum absolute atomic E-state index is 0.0948. The van der Waals surface area contributed by atoms with E-state index in [0.29, 0.717) is 19.6 Å². The van der Waals surface area contributed by atoms with Gasteiger partial charge in [-0.05, 0) is 11.6 Å². The van der Waals surface area contributed by atoms with Crippen molar-refractivity contribution in [1.82, 2.24) is 10.3 Å². The summed E-state index contributed by atoms with van der Waals surface area (Å²) in [6.45, 7) is 1.81. The number of aromatic nitrogens is 1. The van der Waals surface area contributed by atoms with Crippen molar-refractivity contribution in [2.24, 2.45) is 5.73 Å². The van der Waals surface area contributed by atoms with Crippen LogP contribution in [0.5, 0.6) is 0 Å². The van der Waals surface area contributed by atoms with Crippen LogP contribution in [0.2, 0.25) is 5.15 Å². The van der Waals surface area contributed by atoms with E-state index in [1.807, 2.05) is 0 Å². The zero-order valence-electron chi connectivity index (χ0n) is 7.06. The van der Waals surface area contributed by atoms with Gasteiger partial charge in [-0.15, -0.1) is 0 Å². The van der Waals surface area contributed by atoms with Gasteiger partial charge in [0.15, 0.2) is 11.0 Å². The van der Waals surface area contributed by atoms with Gasteiger partial charge in [-0.2, -0.15) is 0 Å². The number of hydrogen-bond donors (Lipinski definition) is 2. The number of halogens is 2. The number of nitrogens with one attached hydrogen (secondary N) is 1. The van der Waals surface area contributed by atoms with E-state index in [4.69, 9.17) is 17.3 Å². The van der Waals surface area contributed by atoms with Crippen LogP contribution < -0.4 is 11.1 Å². The molecule has 0 saturated carbocycles. The van der Waals surface area contributed by atoms with Gasteiger partial charge in [0.1, 0.15) is 0 Å². The lowest BCUT2D eigenvalue weighted by Crippen LogP contribution is -2.21. The smallest absolute Gasteiger partial charge is 0.164 e. The molecule has 72 valence electrons. The van der Waals surface area contributed by atoms with E-state index in [2.05, 4.69) is 10.3 Å². The minimum atomic E-state index is -0.492. The maximum absolute atomic E-state index is 12.8. The average Bonchev–Trinajstić information content (AvgIpc) is 2.12. The highest BCUT2D eigenvalue weighted by atomic mass is 35.5. The van der Waals surface area contributed by atoms with Crippen LogP contribution in [0.1, 0.15) is 5.56 Å². The van der Waals surface area contributed by atoms with Gasteiger partial charge in [-0.25, -0.2) is 9.37 Å². The van der Waals surface area contributed by atoms with Crippen LogP contribution in [0, 0.1) is 5.82 Å². The van der Waals surface area contributed by atoms with E-state index in [1.165, 1.54) is 12.3 Å². The molecule has 0 unspecified atom stereocenters. The van der Waals surface area contributed by atoms with E-state index >= 15 is 0 Å². The summed E-state index contributed by atoms with van der Waals surface area (Å²) >= 11 is 5.42. The molecule has 0 bridgehead atoms. The quantitative estimate of drug-likeness (QED) is 0.565. The first-order valence-corrected chi connectivity index (χ1v) is 4.32. The van der Waals surface area contributed by atoms with Gasteiger partial charge in [-0.3, -0.25) is 0 Å². The fourth-order valence-electron chi connectivity index (χ4n) is 0.892. The first-order valence-electron chi connectivity index (χ1n) is 3.94. The number of pyridine rings is 1. The molecular formula is C8H11ClFN3. The van der Waals surface area contributed by atoms with Crippen LogP contribution >= 0.6 is 11.6 Å². The van der Waals surface area contributed by atoms with Crippen molar-refractivity contribution in [3.63, 3.8) is 0 Å². The fourth-order valence-corrected chi connectivity index (χ4v) is 0.996. The number of rotatable bonds is 4. The van der Waals surface area contributed by atoms with E-state index in [1.54, 1.807) is 0 Å². The van der Waals surface area contributed by atoms with Crippen LogP contribution in [0.3, 0.4) is 0 Å². The number of hydrogen-bond acceptors (Lipinski definition) is 3.